The van der Waals surface area contributed by atoms with E-state index in [1.165, 1.54) is 42.4 Å². The van der Waals surface area contributed by atoms with E-state index >= 15 is 0 Å². The molecule has 1 aromatic heterocycles. The first-order valence-corrected chi connectivity index (χ1v) is 7.44. The number of thiophene rings is 1. The SMILES string of the molecule is Cc1ccc(C[NH2+]CCC[NH+]2CCOCC2)s1. The molecule has 1 aliphatic rings. The topological polar surface area (TPSA) is 30.3 Å². The molecule has 0 unspecified atom stereocenters. The van der Waals surface area contributed by atoms with Crippen molar-refractivity contribution in [1.29, 1.82) is 0 Å². The summed E-state index contributed by atoms with van der Waals surface area (Å²) in [6, 6.07) is 4.47. The molecule has 3 nitrogen and oxygen atoms in total. The number of nitrogens with two attached hydrogens (primary N) is 1. The van der Waals surface area contributed by atoms with Crippen LogP contribution in [0, 0.1) is 6.92 Å². The second-order valence-electron chi connectivity index (χ2n) is 4.76. The molecule has 1 aliphatic heterocycles. The lowest BCUT2D eigenvalue weighted by Gasteiger charge is -2.23. The van der Waals surface area contributed by atoms with Gasteiger partial charge in [0.1, 0.15) is 19.6 Å². The normalized spacial score (nSPS) is 17.5. The van der Waals surface area contributed by atoms with Crippen molar-refractivity contribution >= 4 is 11.3 Å². The van der Waals surface area contributed by atoms with Crippen molar-refractivity contribution in [2.75, 3.05) is 39.4 Å². The zero-order valence-electron chi connectivity index (χ0n) is 10.7. The first-order chi connectivity index (χ1) is 8.34. The zero-order chi connectivity index (χ0) is 11.9. The van der Waals surface area contributed by atoms with E-state index in [1.807, 2.05) is 11.3 Å². The Labute approximate surface area is 108 Å². The van der Waals surface area contributed by atoms with Crippen molar-refractivity contribution in [1.82, 2.24) is 0 Å². The third-order valence-electron chi connectivity index (χ3n) is 3.28. The monoisotopic (exact) mass is 256 g/mol. The van der Waals surface area contributed by atoms with Crippen LogP contribution in [0.15, 0.2) is 12.1 Å². The molecule has 3 N–H and O–H groups in total. The van der Waals surface area contributed by atoms with E-state index in [0.29, 0.717) is 0 Å². The summed E-state index contributed by atoms with van der Waals surface area (Å²) in [5.41, 5.74) is 0. The van der Waals surface area contributed by atoms with Crippen LogP contribution >= 0.6 is 11.3 Å². The molecule has 0 aliphatic carbocycles. The van der Waals surface area contributed by atoms with Crippen molar-refractivity contribution in [3.05, 3.63) is 21.9 Å². The summed E-state index contributed by atoms with van der Waals surface area (Å²) in [5.74, 6) is 0. The van der Waals surface area contributed by atoms with Crippen molar-refractivity contribution in [3.8, 4) is 0 Å². The van der Waals surface area contributed by atoms with Crippen LogP contribution in [0.3, 0.4) is 0 Å². The fourth-order valence-electron chi connectivity index (χ4n) is 2.25. The van der Waals surface area contributed by atoms with Crippen molar-refractivity contribution in [3.63, 3.8) is 0 Å². The maximum Gasteiger partial charge on any atom is 0.111 e. The molecule has 1 fully saturated rings. The lowest BCUT2D eigenvalue weighted by Crippen LogP contribution is -3.14. The lowest BCUT2D eigenvalue weighted by molar-refractivity contribution is -0.909. The molecule has 0 atom stereocenters. The summed E-state index contributed by atoms with van der Waals surface area (Å²) >= 11 is 1.92. The molecule has 0 radical (unpaired) electrons. The number of rotatable bonds is 6. The van der Waals surface area contributed by atoms with E-state index in [0.717, 1.165) is 19.8 Å². The fourth-order valence-corrected chi connectivity index (χ4v) is 3.13. The van der Waals surface area contributed by atoms with Gasteiger partial charge in [-0.25, -0.2) is 0 Å². The Hall–Kier alpha value is -0.420. The van der Waals surface area contributed by atoms with Crippen LogP contribution < -0.4 is 10.2 Å². The molecule has 17 heavy (non-hydrogen) atoms. The Balaban J connectivity index is 1.51. The molecule has 0 aromatic carbocycles. The van der Waals surface area contributed by atoms with Gasteiger partial charge in [-0.05, 0) is 19.1 Å². The van der Waals surface area contributed by atoms with Gasteiger partial charge in [-0.3, -0.25) is 0 Å². The quantitative estimate of drug-likeness (QED) is 0.656. The van der Waals surface area contributed by atoms with Gasteiger partial charge in [0.05, 0.1) is 31.2 Å². The number of hydrogen-bond acceptors (Lipinski definition) is 2. The molecular weight excluding hydrogens is 232 g/mol. The first-order valence-electron chi connectivity index (χ1n) is 6.63. The van der Waals surface area contributed by atoms with Gasteiger partial charge in [-0.15, -0.1) is 11.3 Å². The maximum absolute atomic E-state index is 5.36. The van der Waals surface area contributed by atoms with Gasteiger partial charge in [-0.2, -0.15) is 0 Å². The number of ether oxygens (including phenoxy) is 1. The average Bonchev–Trinajstić information content (AvgIpc) is 2.76. The average molecular weight is 256 g/mol. The molecule has 0 amide bonds. The summed E-state index contributed by atoms with van der Waals surface area (Å²) in [4.78, 5) is 4.64. The molecule has 0 bridgehead atoms. The minimum atomic E-state index is 0.952. The van der Waals surface area contributed by atoms with Crippen LogP contribution in [0.1, 0.15) is 16.2 Å². The lowest BCUT2D eigenvalue weighted by atomic mass is 10.3. The molecular formula is C13H24N2OS+2. The van der Waals surface area contributed by atoms with E-state index in [1.54, 1.807) is 4.90 Å². The van der Waals surface area contributed by atoms with E-state index < -0.39 is 0 Å². The molecule has 1 saturated heterocycles. The molecule has 4 heteroatoms. The Kier molecular flexibility index (Phi) is 5.45. The van der Waals surface area contributed by atoms with E-state index in [9.17, 15) is 0 Å². The highest BCUT2D eigenvalue weighted by Crippen LogP contribution is 2.12. The third-order valence-corrected chi connectivity index (χ3v) is 4.30. The number of quaternary nitrogens is 2. The van der Waals surface area contributed by atoms with Gasteiger partial charge >= 0.3 is 0 Å². The van der Waals surface area contributed by atoms with Crippen LogP contribution in [0.5, 0.6) is 0 Å². The Morgan fingerprint density at radius 1 is 1.35 bits per heavy atom. The zero-order valence-corrected chi connectivity index (χ0v) is 11.5. The maximum atomic E-state index is 5.36. The first kappa shape index (κ1) is 13.0. The van der Waals surface area contributed by atoms with Crippen LogP contribution in [-0.2, 0) is 11.3 Å². The van der Waals surface area contributed by atoms with Crippen molar-refractivity contribution < 1.29 is 15.0 Å². The van der Waals surface area contributed by atoms with Gasteiger partial charge in [0.25, 0.3) is 0 Å². The van der Waals surface area contributed by atoms with Gasteiger partial charge in [0, 0.05) is 11.3 Å². The highest BCUT2D eigenvalue weighted by Gasteiger charge is 2.12. The molecule has 96 valence electrons. The Bertz CT molecular complexity index is 321. The molecule has 2 heterocycles. The summed E-state index contributed by atoms with van der Waals surface area (Å²) in [5, 5.41) is 2.44. The summed E-state index contributed by atoms with van der Waals surface area (Å²) < 4.78 is 5.36. The highest BCUT2D eigenvalue weighted by atomic mass is 32.1. The van der Waals surface area contributed by atoms with Crippen LogP contribution in [0.25, 0.3) is 0 Å². The van der Waals surface area contributed by atoms with E-state index in [-0.39, 0.29) is 0 Å². The summed E-state index contributed by atoms with van der Waals surface area (Å²) in [6.45, 7) is 10.2. The second kappa shape index (κ2) is 7.11. The van der Waals surface area contributed by atoms with Gasteiger partial charge < -0.3 is 15.0 Å². The van der Waals surface area contributed by atoms with Gasteiger partial charge in [-0.1, -0.05) is 0 Å². The highest BCUT2D eigenvalue weighted by molar-refractivity contribution is 7.11. The number of morpholine rings is 1. The Morgan fingerprint density at radius 3 is 2.88 bits per heavy atom. The Morgan fingerprint density at radius 2 is 2.18 bits per heavy atom. The van der Waals surface area contributed by atoms with Crippen molar-refractivity contribution in [2.24, 2.45) is 0 Å². The number of aryl methyl sites for hydroxylation is 1. The number of nitrogens with one attached hydrogen (secondary N) is 1. The fraction of sp³-hybridized carbons (Fsp3) is 0.692. The minimum Gasteiger partial charge on any atom is -0.370 e. The molecule has 0 spiro atoms. The predicted octanol–water partition coefficient (Wildman–Crippen LogP) is -0.575. The summed E-state index contributed by atoms with van der Waals surface area (Å²) in [7, 11) is 0. The van der Waals surface area contributed by atoms with Gasteiger partial charge in [0.15, 0.2) is 0 Å². The van der Waals surface area contributed by atoms with Crippen LogP contribution in [0.2, 0.25) is 0 Å². The van der Waals surface area contributed by atoms with Gasteiger partial charge in [0.2, 0.25) is 0 Å². The molecule has 0 saturated carbocycles. The van der Waals surface area contributed by atoms with E-state index in [4.69, 9.17) is 4.74 Å². The van der Waals surface area contributed by atoms with Crippen molar-refractivity contribution in [2.45, 2.75) is 19.9 Å². The predicted molar refractivity (Wildman–Crippen MR) is 70.6 cm³/mol. The largest absolute Gasteiger partial charge is 0.370 e. The minimum absolute atomic E-state index is 0.952. The second-order valence-corrected chi connectivity index (χ2v) is 6.13. The smallest absolute Gasteiger partial charge is 0.111 e. The van der Waals surface area contributed by atoms with E-state index in [2.05, 4.69) is 24.4 Å². The molecule has 2 rings (SSSR count). The standard InChI is InChI=1S/C13H22N2OS/c1-12-3-4-13(17-12)11-14-5-2-6-15-7-9-16-10-8-15/h3-4,14H,2,5-11H2,1H3/p+2. The summed E-state index contributed by atoms with van der Waals surface area (Å²) in [6.07, 6.45) is 1.32. The van der Waals surface area contributed by atoms with Crippen LogP contribution in [0.4, 0.5) is 0 Å². The molecule has 1 aromatic rings. The third kappa shape index (κ3) is 4.76. The number of hydrogen-bond donors (Lipinski definition) is 2. The van der Waals surface area contributed by atoms with Crippen LogP contribution in [-0.4, -0.2) is 39.4 Å².